The molecule has 116 valence electrons. The summed E-state index contributed by atoms with van der Waals surface area (Å²) in [6, 6.07) is 6.20. The van der Waals surface area contributed by atoms with E-state index in [2.05, 4.69) is 11.7 Å². The molecule has 5 heteroatoms. The zero-order valence-electron chi connectivity index (χ0n) is 12.4. The van der Waals surface area contributed by atoms with Crippen molar-refractivity contribution in [2.45, 2.75) is 25.4 Å². The van der Waals surface area contributed by atoms with Crippen LogP contribution in [0.2, 0.25) is 0 Å². The lowest BCUT2D eigenvalue weighted by molar-refractivity contribution is -0.132. The minimum Gasteiger partial charge on any atom is -0.477 e. The number of carboxylic acids is 1. The standard InChI is InChI=1S/C17H18FNO3/c1-12(4-9-15(19-2)16(20)21)17(10-3-11-22-17)13-5-7-14(18)8-6-13/h4-9H,2-3,10-11H2,1H3,(H,20,21)/b12-4+,15-9-. The van der Waals surface area contributed by atoms with Crippen molar-refractivity contribution < 1.29 is 19.0 Å². The Morgan fingerprint density at radius 3 is 2.59 bits per heavy atom. The zero-order valence-corrected chi connectivity index (χ0v) is 12.4. The van der Waals surface area contributed by atoms with Crippen molar-refractivity contribution in [2.24, 2.45) is 4.99 Å². The Morgan fingerprint density at radius 2 is 2.09 bits per heavy atom. The van der Waals surface area contributed by atoms with Gasteiger partial charge in [-0.2, -0.15) is 0 Å². The maximum absolute atomic E-state index is 13.1. The molecule has 1 aliphatic heterocycles. The molecule has 1 N–H and O–H groups in total. The van der Waals surface area contributed by atoms with Crippen LogP contribution in [0.4, 0.5) is 4.39 Å². The molecule has 1 atom stereocenters. The molecule has 1 heterocycles. The fraction of sp³-hybridized carbons (Fsp3) is 0.294. The predicted octanol–water partition coefficient (Wildman–Crippen LogP) is 3.45. The van der Waals surface area contributed by atoms with Crippen molar-refractivity contribution in [1.82, 2.24) is 0 Å². The third-order valence-corrected chi connectivity index (χ3v) is 3.85. The van der Waals surface area contributed by atoms with Gasteiger partial charge in [-0.25, -0.2) is 9.18 Å². The Labute approximate surface area is 128 Å². The molecule has 0 radical (unpaired) electrons. The molecule has 1 aromatic rings. The maximum atomic E-state index is 13.1. The smallest absolute Gasteiger partial charge is 0.354 e. The number of carbonyl (C=O) groups is 1. The Bertz CT molecular complexity index is 626. The Balaban J connectivity index is 2.41. The number of carboxylic acid groups (broad SMARTS) is 1. The van der Waals surface area contributed by atoms with Crippen LogP contribution in [0, 0.1) is 5.82 Å². The van der Waals surface area contributed by atoms with Crippen molar-refractivity contribution in [3.8, 4) is 0 Å². The van der Waals surface area contributed by atoms with E-state index in [-0.39, 0.29) is 11.5 Å². The Morgan fingerprint density at radius 1 is 1.41 bits per heavy atom. The highest BCUT2D eigenvalue weighted by molar-refractivity contribution is 5.87. The molecule has 1 unspecified atom stereocenters. The number of aliphatic imine (C=N–C) groups is 1. The van der Waals surface area contributed by atoms with Gasteiger partial charge in [0.15, 0.2) is 0 Å². The number of allylic oxidation sites excluding steroid dienone is 2. The zero-order chi connectivity index (χ0) is 16.2. The van der Waals surface area contributed by atoms with Crippen LogP contribution in [-0.2, 0) is 15.1 Å². The maximum Gasteiger partial charge on any atom is 0.354 e. The van der Waals surface area contributed by atoms with Gasteiger partial charge in [-0.1, -0.05) is 18.2 Å². The molecule has 4 nitrogen and oxygen atoms in total. The minimum absolute atomic E-state index is 0.133. The number of halogens is 1. The molecule has 0 bridgehead atoms. The lowest BCUT2D eigenvalue weighted by atomic mass is 9.84. The largest absolute Gasteiger partial charge is 0.477 e. The van der Waals surface area contributed by atoms with Crippen molar-refractivity contribution in [1.29, 1.82) is 0 Å². The number of hydrogen-bond donors (Lipinski definition) is 1. The number of ether oxygens (including phenoxy) is 1. The second kappa shape index (κ2) is 6.66. The van der Waals surface area contributed by atoms with E-state index in [1.807, 2.05) is 6.92 Å². The fourth-order valence-corrected chi connectivity index (χ4v) is 2.66. The van der Waals surface area contributed by atoms with Gasteiger partial charge in [-0.3, -0.25) is 4.99 Å². The molecule has 1 aliphatic rings. The molecular weight excluding hydrogens is 285 g/mol. The van der Waals surface area contributed by atoms with Crippen molar-refractivity contribution in [3.05, 3.63) is 59.1 Å². The van der Waals surface area contributed by atoms with E-state index < -0.39 is 11.6 Å². The number of rotatable bonds is 5. The SMILES string of the molecule is C=N/C(=C\C=C(/C)C1(c2ccc(F)cc2)CCCO1)C(=O)O. The summed E-state index contributed by atoms with van der Waals surface area (Å²) in [7, 11) is 0. The first-order chi connectivity index (χ1) is 10.5. The fourth-order valence-electron chi connectivity index (χ4n) is 2.66. The average Bonchev–Trinajstić information content (AvgIpc) is 2.99. The minimum atomic E-state index is -1.14. The second-order valence-electron chi connectivity index (χ2n) is 5.15. The molecule has 0 saturated carbocycles. The summed E-state index contributed by atoms with van der Waals surface area (Å²) in [5, 5.41) is 8.96. The Hall–Kier alpha value is -2.27. The Kier molecular flexibility index (Phi) is 4.88. The summed E-state index contributed by atoms with van der Waals surface area (Å²) >= 11 is 0. The number of aliphatic carboxylic acids is 1. The monoisotopic (exact) mass is 303 g/mol. The second-order valence-corrected chi connectivity index (χ2v) is 5.15. The molecule has 1 aromatic carbocycles. The number of nitrogens with zero attached hydrogens (tertiary/aromatic N) is 1. The molecule has 0 spiro atoms. The van der Waals surface area contributed by atoms with Crippen molar-refractivity contribution in [2.75, 3.05) is 6.61 Å². The summed E-state index contributed by atoms with van der Waals surface area (Å²) < 4.78 is 19.1. The van der Waals surface area contributed by atoms with Crippen molar-refractivity contribution >= 4 is 12.7 Å². The molecule has 0 amide bonds. The highest BCUT2D eigenvalue weighted by atomic mass is 19.1. The third kappa shape index (κ3) is 3.14. The first-order valence-corrected chi connectivity index (χ1v) is 6.98. The van der Waals surface area contributed by atoms with E-state index in [1.54, 1.807) is 18.2 Å². The van der Waals surface area contributed by atoms with Gasteiger partial charge in [0.2, 0.25) is 0 Å². The molecule has 2 rings (SSSR count). The first kappa shape index (κ1) is 16.1. The van der Waals surface area contributed by atoms with Gasteiger partial charge in [-0.05, 0) is 55.8 Å². The van der Waals surface area contributed by atoms with Gasteiger partial charge in [0.1, 0.15) is 17.1 Å². The first-order valence-electron chi connectivity index (χ1n) is 6.98. The van der Waals surface area contributed by atoms with Gasteiger partial charge in [-0.15, -0.1) is 0 Å². The average molecular weight is 303 g/mol. The lowest BCUT2D eigenvalue weighted by Gasteiger charge is -2.30. The van der Waals surface area contributed by atoms with E-state index in [0.717, 1.165) is 24.0 Å². The van der Waals surface area contributed by atoms with Crippen LogP contribution < -0.4 is 0 Å². The molecule has 1 fully saturated rings. The summed E-state index contributed by atoms with van der Waals surface area (Å²) in [5.74, 6) is -1.44. The normalized spacial score (nSPS) is 22.6. The van der Waals surface area contributed by atoms with Crippen LogP contribution in [0.1, 0.15) is 25.3 Å². The van der Waals surface area contributed by atoms with Gasteiger partial charge in [0.05, 0.1) is 0 Å². The van der Waals surface area contributed by atoms with Gasteiger partial charge in [0.25, 0.3) is 0 Å². The van der Waals surface area contributed by atoms with E-state index in [0.29, 0.717) is 6.61 Å². The van der Waals surface area contributed by atoms with E-state index in [4.69, 9.17) is 9.84 Å². The predicted molar refractivity (Wildman–Crippen MR) is 82.3 cm³/mol. The summed E-state index contributed by atoms with van der Waals surface area (Å²) in [6.07, 6.45) is 4.72. The number of hydrogen-bond acceptors (Lipinski definition) is 3. The molecular formula is C17H18FNO3. The van der Waals surface area contributed by atoms with Crippen molar-refractivity contribution in [3.63, 3.8) is 0 Å². The summed E-state index contributed by atoms with van der Waals surface area (Å²) in [4.78, 5) is 14.4. The van der Waals surface area contributed by atoms with Gasteiger partial charge >= 0.3 is 5.97 Å². The van der Waals surface area contributed by atoms with Gasteiger partial charge < -0.3 is 9.84 Å². The molecule has 22 heavy (non-hydrogen) atoms. The van der Waals surface area contributed by atoms with E-state index in [9.17, 15) is 9.18 Å². The summed E-state index contributed by atoms with van der Waals surface area (Å²) in [6.45, 7) is 5.72. The van der Waals surface area contributed by atoms with E-state index in [1.165, 1.54) is 18.2 Å². The van der Waals surface area contributed by atoms with Crippen LogP contribution in [0.5, 0.6) is 0 Å². The third-order valence-electron chi connectivity index (χ3n) is 3.85. The number of benzene rings is 1. The quantitative estimate of drug-likeness (QED) is 0.515. The van der Waals surface area contributed by atoms with Crippen LogP contribution in [-0.4, -0.2) is 24.4 Å². The summed E-state index contributed by atoms with van der Waals surface area (Å²) in [5.41, 5.74) is 0.928. The molecule has 0 aliphatic carbocycles. The van der Waals surface area contributed by atoms with Crippen LogP contribution in [0.15, 0.2) is 52.7 Å². The highest BCUT2D eigenvalue weighted by Crippen LogP contribution is 2.42. The molecule has 0 aromatic heterocycles. The van der Waals surface area contributed by atoms with Crippen LogP contribution >= 0.6 is 0 Å². The van der Waals surface area contributed by atoms with Gasteiger partial charge in [0, 0.05) is 6.61 Å². The topological polar surface area (TPSA) is 58.9 Å². The van der Waals surface area contributed by atoms with Crippen LogP contribution in [0.25, 0.3) is 0 Å². The highest BCUT2D eigenvalue weighted by Gasteiger charge is 2.38. The molecule has 1 saturated heterocycles. The van der Waals surface area contributed by atoms with Crippen LogP contribution in [0.3, 0.4) is 0 Å². The van der Waals surface area contributed by atoms with E-state index >= 15 is 0 Å². The lowest BCUT2D eigenvalue weighted by Crippen LogP contribution is -2.26.